The first-order valence-corrected chi connectivity index (χ1v) is 17.4. The van der Waals surface area contributed by atoms with Crippen molar-refractivity contribution in [3.63, 3.8) is 0 Å². The Kier molecular flexibility index (Phi) is 27.9. The molecule has 0 unspecified atom stereocenters. The van der Waals surface area contributed by atoms with Crippen LogP contribution < -0.4 is 0 Å². The highest BCUT2D eigenvalue weighted by molar-refractivity contribution is 5.67. The minimum Gasteiger partial charge on any atom is -0.481 e. The van der Waals surface area contributed by atoms with Crippen LogP contribution in [0.5, 0.6) is 0 Å². The molecule has 0 radical (unpaired) electrons. The molecular weight excluding hydrogens is 530 g/mol. The molecule has 42 heavy (non-hydrogen) atoms. The second kappa shape index (κ2) is 29.2. The first kappa shape index (κ1) is 40.1. The van der Waals surface area contributed by atoms with Crippen molar-refractivity contribution in [3.05, 3.63) is 12.7 Å². The van der Waals surface area contributed by atoms with Crippen molar-refractivity contribution in [1.82, 2.24) is 0 Å². The van der Waals surface area contributed by atoms with Crippen LogP contribution in [0.15, 0.2) is 12.7 Å². The maximum atomic E-state index is 11.0. The summed E-state index contributed by atoms with van der Waals surface area (Å²) in [4.78, 5) is 33.0. The highest BCUT2D eigenvalue weighted by Gasteiger charge is 2.26. The topological polar surface area (TPSA) is 112 Å². The Bertz CT molecular complexity index is 625. The second-order valence-corrected chi connectivity index (χ2v) is 12.5. The third-order valence-electron chi connectivity index (χ3n) is 8.61. The van der Waals surface area contributed by atoms with E-state index in [0.29, 0.717) is 19.3 Å². The van der Waals surface area contributed by atoms with E-state index in [-0.39, 0.29) is 19.3 Å². The SMILES string of the molecule is C=CCCCCCCCCCCCCCCCCCC[N+](CCCCC(=O)O)(CCCCC(=O)O)CCCCC(=O)O. The van der Waals surface area contributed by atoms with E-state index in [2.05, 4.69) is 6.58 Å². The summed E-state index contributed by atoms with van der Waals surface area (Å²) in [6.07, 6.45) is 29.3. The molecule has 7 heteroatoms. The van der Waals surface area contributed by atoms with E-state index in [4.69, 9.17) is 15.3 Å². The van der Waals surface area contributed by atoms with Gasteiger partial charge in [0.15, 0.2) is 0 Å². The molecule has 0 aliphatic heterocycles. The Balaban J connectivity index is 4.29. The Hall–Kier alpha value is -1.89. The van der Waals surface area contributed by atoms with Crippen LogP contribution in [0.2, 0.25) is 0 Å². The molecule has 0 aromatic rings. The van der Waals surface area contributed by atoms with E-state index >= 15 is 0 Å². The van der Waals surface area contributed by atoms with Crippen molar-refractivity contribution < 1.29 is 34.2 Å². The van der Waals surface area contributed by atoms with Gasteiger partial charge in [-0.3, -0.25) is 14.4 Å². The summed E-state index contributed by atoms with van der Waals surface area (Å²) in [5.74, 6) is -2.30. The number of carboxylic acids is 3. The van der Waals surface area contributed by atoms with Gasteiger partial charge in [-0.2, -0.15) is 0 Å². The normalized spacial score (nSPS) is 11.5. The lowest BCUT2D eigenvalue weighted by molar-refractivity contribution is -0.929. The standard InChI is InChI=1S/C35H65NO6/c1-2-3-4-5-6-7-8-9-10-11-12-13-14-15-16-17-18-22-29-36(30-23-19-26-33(37)38,31-24-20-27-34(39)40)32-25-21-28-35(41)42/h2H,1,3-32H2,(H2-,37,38,39,40,41,42)/p+1. The van der Waals surface area contributed by atoms with Gasteiger partial charge in [-0.1, -0.05) is 89.5 Å². The summed E-state index contributed by atoms with van der Waals surface area (Å²) in [5.41, 5.74) is 0. The Morgan fingerprint density at radius 3 is 0.905 bits per heavy atom. The van der Waals surface area contributed by atoms with Gasteiger partial charge in [-0.05, 0) is 64.2 Å². The van der Waals surface area contributed by atoms with E-state index in [0.717, 1.165) is 62.8 Å². The molecular formula is C35H66NO6+. The van der Waals surface area contributed by atoms with Crippen LogP contribution in [0.4, 0.5) is 0 Å². The summed E-state index contributed by atoms with van der Waals surface area (Å²) in [7, 11) is 0. The summed E-state index contributed by atoms with van der Waals surface area (Å²) in [6, 6.07) is 0. The molecule has 0 fully saturated rings. The Morgan fingerprint density at radius 1 is 0.405 bits per heavy atom. The Morgan fingerprint density at radius 2 is 0.643 bits per heavy atom. The number of hydrogen-bond acceptors (Lipinski definition) is 3. The van der Waals surface area contributed by atoms with Crippen molar-refractivity contribution in [2.75, 3.05) is 26.2 Å². The largest absolute Gasteiger partial charge is 0.481 e. The van der Waals surface area contributed by atoms with E-state index in [9.17, 15) is 14.4 Å². The average Bonchev–Trinajstić information content (AvgIpc) is 2.94. The van der Waals surface area contributed by atoms with Crippen molar-refractivity contribution in [2.24, 2.45) is 0 Å². The first-order valence-electron chi connectivity index (χ1n) is 17.4. The zero-order valence-electron chi connectivity index (χ0n) is 27.0. The maximum absolute atomic E-state index is 11.0. The van der Waals surface area contributed by atoms with Crippen molar-refractivity contribution in [1.29, 1.82) is 0 Å². The quantitative estimate of drug-likeness (QED) is 0.0387. The molecule has 0 bridgehead atoms. The molecule has 0 spiro atoms. The predicted octanol–water partition coefficient (Wildman–Crippen LogP) is 9.39. The number of nitrogens with zero attached hydrogens (tertiary/aromatic N) is 1. The molecule has 0 saturated carbocycles. The van der Waals surface area contributed by atoms with Crippen LogP contribution in [0.1, 0.15) is 167 Å². The number of rotatable bonds is 34. The summed E-state index contributed by atoms with van der Waals surface area (Å²) in [5, 5.41) is 27.1. The van der Waals surface area contributed by atoms with Gasteiger partial charge in [0.2, 0.25) is 0 Å². The lowest BCUT2D eigenvalue weighted by atomic mass is 10.0. The molecule has 246 valence electrons. The van der Waals surface area contributed by atoms with Crippen molar-refractivity contribution in [2.45, 2.75) is 167 Å². The van der Waals surface area contributed by atoms with Gasteiger partial charge in [0.1, 0.15) is 0 Å². The maximum Gasteiger partial charge on any atom is 0.303 e. The minimum atomic E-state index is -0.767. The van der Waals surface area contributed by atoms with Gasteiger partial charge >= 0.3 is 17.9 Å². The van der Waals surface area contributed by atoms with E-state index in [1.807, 2.05) is 6.08 Å². The fourth-order valence-corrected chi connectivity index (χ4v) is 6.05. The molecule has 0 amide bonds. The molecule has 0 heterocycles. The molecule has 0 saturated heterocycles. The molecule has 0 aromatic heterocycles. The molecule has 7 nitrogen and oxygen atoms in total. The number of carbonyl (C=O) groups is 3. The van der Waals surface area contributed by atoms with Gasteiger partial charge in [0, 0.05) is 19.3 Å². The molecule has 0 atom stereocenters. The Labute approximate surface area is 257 Å². The number of hydrogen-bond donors (Lipinski definition) is 3. The lowest BCUT2D eigenvalue weighted by Crippen LogP contribution is -2.51. The van der Waals surface area contributed by atoms with Crippen LogP contribution in [-0.4, -0.2) is 63.9 Å². The zero-order chi connectivity index (χ0) is 31.2. The summed E-state index contributed by atoms with van der Waals surface area (Å²) in [6.45, 7) is 7.47. The average molecular weight is 597 g/mol. The molecule has 0 aliphatic rings. The highest BCUT2D eigenvalue weighted by atomic mass is 16.4. The van der Waals surface area contributed by atoms with Crippen LogP contribution in [-0.2, 0) is 14.4 Å². The van der Waals surface area contributed by atoms with Crippen molar-refractivity contribution in [3.8, 4) is 0 Å². The summed E-state index contributed by atoms with van der Waals surface area (Å²) >= 11 is 0. The van der Waals surface area contributed by atoms with E-state index < -0.39 is 17.9 Å². The van der Waals surface area contributed by atoms with Gasteiger partial charge in [0.25, 0.3) is 0 Å². The fourth-order valence-electron chi connectivity index (χ4n) is 6.05. The molecule has 0 aromatic carbocycles. The van der Waals surface area contributed by atoms with Gasteiger partial charge in [0.05, 0.1) is 26.2 Å². The molecule has 0 aliphatic carbocycles. The lowest BCUT2D eigenvalue weighted by Gasteiger charge is -2.39. The number of allylic oxidation sites excluding steroid dienone is 1. The third-order valence-corrected chi connectivity index (χ3v) is 8.61. The van der Waals surface area contributed by atoms with Crippen LogP contribution in [0, 0.1) is 0 Å². The van der Waals surface area contributed by atoms with Gasteiger partial charge in [-0.25, -0.2) is 0 Å². The molecule has 3 N–H and O–H groups in total. The first-order chi connectivity index (χ1) is 20.3. The summed E-state index contributed by atoms with van der Waals surface area (Å²) < 4.78 is 0.869. The predicted molar refractivity (Wildman–Crippen MR) is 173 cm³/mol. The zero-order valence-corrected chi connectivity index (χ0v) is 27.0. The number of unbranched alkanes of at least 4 members (excludes halogenated alkanes) is 19. The van der Waals surface area contributed by atoms with Crippen LogP contribution >= 0.6 is 0 Å². The number of quaternary nitrogens is 1. The monoisotopic (exact) mass is 596 g/mol. The second-order valence-electron chi connectivity index (χ2n) is 12.5. The van der Waals surface area contributed by atoms with Gasteiger partial charge < -0.3 is 19.8 Å². The van der Waals surface area contributed by atoms with Crippen molar-refractivity contribution >= 4 is 17.9 Å². The van der Waals surface area contributed by atoms with Gasteiger partial charge in [-0.15, -0.1) is 6.58 Å². The smallest absolute Gasteiger partial charge is 0.303 e. The van der Waals surface area contributed by atoms with E-state index in [1.54, 1.807) is 0 Å². The van der Waals surface area contributed by atoms with Crippen LogP contribution in [0.3, 0.4) is 0 Å². The van der Waals surface area contributed by atoms with E-state index in [1.165, 1.54) is 96.3 Å². The minimum absolute atomic E-state index is 0.175. The fraction of sp³-hybridized carbons (Fsp3) is 0.857. The highest BCUT2D eigenvalue weighted by Crippen LogP contribution is 2.20. The molecule has 0 rings (SSSR count). The number of aliphatic carboxylic acids is 3. The van der Waals surface area contributed by atoms with Crippen LogP contribution in [0.25, 0.3) is 0 Å². The third kappa shape index (κ3) is 28.2. The number of carboxylic acid groups (broad SMARTS) is 3.